The monoisotopic (exact) mass is 233 g/mol. The third-order valence-electron chi connectivity index (χ3n) is 2.79. The number of hydrogen-bond acceptors (Lipinski definition) is 4. The van der Waals surface area contributed by atoms with Crippen LogP contribution < -0.4 is 4.90 Å². The van der Waals surface area contributed by atoms with E-state index < -0.39 is 0 Å². The van der Waals surface area contributed by atoms with Gasteiger partial charge < -0.3 is 9.47 Å². The Morgan fingerprint density at radius 1 is 1.38 bits per heavy atom. The molecule has 2 aromatic rings. The zero-order chi connectivity index (χ0) is 11.0. The van der Waals surface area contributed by atoms with Gasteiger partial charge in [0.05, 0.1) is 16.4 Å². The molecule has 0 bridgehead atoms. The molecule has 0 atom stereocenters. The van der Waals surface area contributed by atoms with Gasteiger partial charge in [-0.1, -0.05) is 0 Å². The van der Waals surface area contributed by atoms with Crippen molar-refractivity contribution in [3.05, 3.63) is 35.2 Å². The van der Waals surface area contributed by atoms with E-state index in [1.54, 1.807) is 0 Å². The summed E-state index contributed by atoms with van der Waals surface area (Å²) in [5.41, 5.74) is 0. The number of aldehydes is 1. The third-order valence-corrected chi connectivity index (χ3v) is 3.86. The Morgan fingerprint density at radius 3 is 3.12 bits per heavy atom. The quantitative estimate of drug-likeness (QED) is 0.742. The van der Waals surface area contributed by atoms with Gasteiger partial charge in [0, 0.05) is 25.5 Å². The van der Waals surface area contributed by atoms with Gasteiger partial charge in [-0.25, -0.2) is 4.98 Å². The average molecular weight is 233 g/mol. The van der Waals surface area contributed by atoms with Crippen LogP contribution in [0.4, 0.5) is 5.00 Å². The molecule has 0 aromatic carbocycles. The van der Waals surface area contributed by atoms with Gasteiger partial charge in [0.15, 0.2) is 6.29 Å². The molecule has 4 nitrogen and oxygen atoms in total. The minimum Gasteiger partial charge on any atom is -0.354 e. The second kappa shape index (κ2) is 3.75. The topological polar surface area (TPSA) is 38.1 Å². The minimum atomic E-state index is 0.781. The Balaban J connectivity index is 1.85. The number of rotatable bonds is 2. The van der Waals surface area contributed by atoms with E-state index in [-0.39, 0.29) is 0 Å². The first kappa shape index (κ1) is 9.59. The van der Waals surface area contributed by atoms with Crippen molar-refractivity contribution in [1.82, 2.24) is 9.55 Å². The summed E-state index contributed by atoms with van der Waals surface area (Å²) in [4.78, 5) is 18.0. The Kier molecular flexibility index (Phi) is 2.25. The van der Waals surface area contributed by atoms with Crippen molar-refractivity contribution in [2.75, 3.05) is 11.4 Å². The van der Waals surface area contributed by atoms with Crippen LogP contribution in [-0.4, -0.2) is 22.4 Å². The second-order valence-electron chi connectivity index (χ2n) is 3.75. The lowest BCUT2D eigenvalue weighted by molar-refractivity contribution is 0.112. The summed E-state index contributed by atoms with van der Waals surface area (Å²) in [5, 5.41) is 1.15. The molecular formula is C11H11N3OS. The van der Waals surface area contributed by atoms with Crippen molar-refractivity contribution in [2.24, 2.45) is 0 Å². The zero-order valence-electron chi connectivity index (χ0n) is 8.67. The van der Waals surface area contributed by atoms with Crippen molar-refractivity contribution in [3.63, 3.8) is 0 Å². The van der Waals surface area contributed by atoms with E-state index in [0.717, 1.165) is 41.6 Å². The predicted octanol–water partition coefficient (Wildman–Crippen LogP) is 1.78. The fourth-order valence-corrected chi connectivity index (χ4v) is 2.78. The summed E-state index contributed by atoms with van der Waals surface area (Å²) in [6.07, 6.45) is 4.75. The van der Waals surface area contributed by atoms with E-state index in [2.05, 4.69) is 14.5 Å². The molecule has 0 aliphatic carbocycles. The van der Waals surface area contributed by atoms with Crippen molar-refractivity contribution >= 4 is 22.6 Å². The molecule has 1 aliphatic heterocycles. The molecular weight excluding hydrogens is 222 g/mol. The molecule has 0 fully saturated rings. The smallest absolute Gasteiger partial charge is 0.160 e. The molecule has 0 amide bonds. The lowest BCUT2D eigenvalue weighted by atomic mass is 10.3. The van der Waals surface area contributed by atoms with E-state index in [1.807, 2.05) is 24.5 Å². The molecule has 0 unspecified atom stereocenters. The maximum absolute atomic E-state index is 10.6. The number of aromatic nitrogens is 2. The van der Waals surface area contributed by atoms with Gasteiger partial charge >= 0.3 is 0 Å². The highest BCUT2D eigenvalue weighted by atomic mass is 32.1. The van der Waals surface area contributed by atoms with E-state index >= 15 is 0 Å². The average Bonchev–Trinajstić information content (AvgIpc) is 2.96. The second-order valence-corrected chi connectivity index (χ2v) is 4.85. The molecule has 2 aromatic heterocycles. The molecule has 3 heterocycles. The van der Waals surface area contributed by atoms with Gasteiger partial charge in [-0.2, -0.15) is 0 Å². The summed E-state index contributed by atoms with van der Waals surface area (Å²) in [6.45, 7) is 2.76. The molecule has 3 rings (SSSR count). The van der Waals surface area contributed by atoms with Crippen LogP contribution in [0.2, 0.25) is 0 Å². The minimum absolute atomic E-state index is 0.781. The van der Waals surface area contributed by atoms with Gasteiger partial charge in [0.1, 0.15) is 5.82 Å². The summed E-state index contributed by atoms with van der Waals surface area (Å²) in [5.74, 6) is 1.09. The normalized spacial score (nSPS) is 14.9. The fraction of sp³-hybridized carbons (Fsp3) is 0.273. The zero-order valence-corrected chi connectivity index (χ0v) is 9.48. The van der Waals surface area contributed by atoms with Crippen LogP contribution in [0.25, 0.3) is 0 Å². The van der Waals surface area contributed by atoms with E-state index in [1.165, 1.54) is 11.3 Å². The van der Waals surface area contributed by atoms with E-state index in [0.29, 0.717) is 0 Å². The van der Waals surface area contributed by atoms with Crippen LogP contribution in [0, 0.1) is 0 Å². The highest BCUT2D eigenvalue weighted by molar-refractivity contribution is 7.17. The predicted molar refractivity (Wildman–Crippen MR) is 63.0 cm³/mol. The maximum atomic E-state index is 10.6. The summed E-state index contributed by atoms with van der Waals surface area (Å²) in [7, 11) is 0. The number of imidazole rings is 1. The summed E-state index contributed by atoms with van der Waals surface area (Å²) >= 11 is 1.54. The number of fused-ring (bicyclic) bond motifs is 1. The first-order valence-corrected chi connectivity index (χ1v) is 5.98. The van der Waals surface area contributed by atoms with Crippen LogP contribution in [0.1, 0.15) is 15.5 Å². The highest BCUT2D eigenvalue weighted by Gasteiger charge is 2.17. The SMILES string of the molecule is O=Cc1ccc(N2CCn3ccnc3C2)s1. The number of nitrogens with zero attached hydrogens (tertiary/aromatic N) is 3. The number of thiophene rings is 1. The largest absolute Gasteiger partial charge is 0.354 e. The number of carbonyl (C=O) groups is 1. The molecule has 0 saturated heterocycles. The molecule has 82 valence electrons. The number of anilines is 1. The van der Waals surface area contributed by atoms with Crippen LogP contribution in [0.3, 0.4) is 0 Å². The standard InChI is InChI=1S/C11H11N3OS/c15-8-9-1-2-11(16-9)14-6-5-13-4-3-12-10(13)7-14/h1-4,8H,5-7H2. The van der Waals surface area contributed by atoms with Crippen LogP contribution in [0.5, 0.6) is 0 Å². The molecule has 0 saturated carbocycles. The molecule has 0 spiro atoms. The molecule has 1 aliphatic rings. The Morgan fingerprint density at radius 2 is 2.31 bits per heavy atom. The highest BCUT2D eigenvalue weighted by Crippen LogP contribution is 2.27. The van der Waals surface area contributed by atoms with E-state index in [4.69, 9.17) is 0 Å². The lowest BCUT2D eigenvalue weighted by Gasteiger charge is -2.28. The van der Waals surface area contributed by atoms with Gasteiger partial charge in [-0.3, -0.25) is 4.79 Å². The van der Waals surface area contributed by atoms with Crippen molar-refractivity contribution < 1.29 is 4.79 Å². The van der Waals surface area contributed by atoms with E-state index in [9.17, 15) is 4.79 Å². The summed E-state index contributed by atoms with van der Waals surface area (Å²) < 4.78 is 2.17. The van der Waals surface area contributed by atoms with Crippen LogP contribution in [-0.2, 0) is 13.1 Å². The molecule has 0 N–H and O–H groups in total. The molecule has 0 radical (unpaired) electrons. The lowest BCUT2D eigenvalue weighted by Crippen LogP contribution is -2.32. The number of hydrogen-bond donors (Lipinski definition) is 0. The van der Waals surface area contributed by atoms with Crippen molar-refractivity contribution in [1.29, 1.82) is 0 Å². The molecule has 16 heavy (non-hydrogen) atoms. The summed E-state index contributed by atoms with van der Waals surface area (Å²) in [6, 6.07) is 3.88. The third kappa shape index (κ3) is 1.53. The Bertz CT molecular complexity index is 517. The van der Waals surface area contributed by atoms with Crippen molar-refractivity contribution in [2.45, 2.75) is 13.1 Å². The van der Waals surface area contributed by atoms with Crippen molar-refractivity contribution in [3.8, 4) is 0 Å². The maximum Gasteiger partial charge on any atom is 0.160 e. The Hall–Kier alpha value is -1.62. The first-order valence-electron chi connectivity index (χ1n) is 5.17. The van der Waals surface area contributed by atoms with Crippen LogP contribution in [0.15, 0.2) is 24.5 Å². The van der Waals surface area contributed by atoms with Gasteiger partial charge in [-0.15, -0.1) is 11.3 Å². The van der Waals surface area contributed by atoms with Crippen LogP contribution >= 0.6 is 11.3 Å². The first-order chi connectivity index (χ1) is 7.86. The van der Waals surface area contributed by atoms with Gasteiger partial charge in [-0.05, 0) is 12.1 Å². The van der Waals surface area contributed by atoms with Gasteiger partial charge in [0.25, 0.3) is 0 Å². The molecule has 5 heteroatoms. The van der Waals surface area contributed by atoms with Gasteiger partial charge in [0.2, 0.25) is 0 Å². The fourth-order valence-electron chi connectivity index (χ4n) is 1.94. The number of carbonyl (C=O) groups excluding carboxylic acids is 1. The Labute approximate surface area is 97.1 Å².